The van der Waals surface area contributed by atoms with Gasteiger partial charge in [0.25, 0.3) is 0 Å². The molecule has 0 bridgehead atoms. The predicted octanol–water partition coefficient (Wildman–Crippen LogP) is 1.32. The molecule has 2 saturated heterocycles. The van der Waals surface area contributed by atoms with Crippen molar-refractivity contribution in [3.05, 3.63) is 0 Å². The van der Waals surface area contributed by atoms with Gasteiger partial charge in [0.1, 0.15) is 0 Å². The molecule has 70 valence electrons. The van der Waals surface area contributed by atoms with Crippen LogP contribution in [0.25, 0.3) is 0 Å². The van der Waals surface area contributed by atoms with Gasteiger partial charge in [-0.25, -0.2) is 0 Å². The first-order chi connectivity index (χ1) is 5.57. The number of epoxide rings is 1. The second-order valence-electron chi connectivity index (χ2n) is 4.07. The molecule has 0 saturated carbocycles. The summed E-state index contributed by atoms with van der Waals surface area (Å²) >= 11 is 0. The van der Waals surface area contributed by atoms with Crippen LogP contribution in [0.5, 0.6) is 0 Å². The highest BCUT2D eigenvalue weighted by Gasteiger charge is 2.41. The molecular formula is C9H16O3. The van der Waals surface area contributed by atoms with Crippen molar-refractivity contribution in [2.45, 2.75) is 51.3 Å². The lowest BCUT2D eigenvalue weighted by Crippen LogP contribution is -2.22. The van der Waals surface area contributed by atoms with Crippen LogP contribution in [0.2, 0.25) is 0 Å². The molecule has 3 heteroatoms. The number of hydrogen-bond donors (Lipinski definition) is 0. The van der Waals surface area contributed by atoms with Crippen LogP contribution in [0.4, 0.5) is 0 Å². The summed E-state index contributed by atoms with van der Waals surface area (Å²) in [6.45, 7) is 6.86. The Hall–Kier alpha value is -0.120. The van der Waals surface area contributed by atoms with E-state index < -0.39 is 5.79 Å². The van der Waals surface area contributed by atoms with Crippen LogP contribution < -0.4 is 0 Å². The molecule has 1 unspecified atom stereocenters. The minimum atomic E-state index is -0.404. The highest BCUT2D eigenvalue weighted by atomic mass is 16.8. The fourth-order valence-corrected chi connectivity index (χ4v) is 1.71. The molecule has 0 amide bonds. The Morgan fingerprint density at radius 2 is 2.00 bits per heavy atom. The molecule has 2 heterocycles. The molecule has 0 aromatic rings. The normalized spacial score (nSPS) is 44.8. The minimum absolute atomic E-state index is 0.198. The molecule has 0 aromatic carbocycles. The maximum Gasteiger partial charge on any atom is 0.163 e. The molecule has 3 atom stereocenters. The zero-order valence-corrected chi connectivity index (χ0v) is 7.87. The van der Waals surface area contributed by atoms with Crippen molar-refractivity contribution in [1.82, 2.24) is 0 Å². The minimum Gasteiger partial charge on any atom is -0.373 e. The summed E-state index contributed by atoms with van der Waals surface area (Å²) in [5.74, 6) is -0.404. The second kappa shape index (κ2) is 2.69. The summed E-state index contributed by atoms with van der Waals surface area (Å²) in [6, 6.07) is 0. The average Bonchev–Trinajstić information content (AvgIpc) is 2.63. The molecule has 0 aromatic heterocycles. The van der Waals surface area contributed by atoms with E-state index in [4.69, 9.17) is 14.2 Å². The van der Waals surface area contributed by atoms with E-state index in [1.807, 2.05) is 13.8 Å². The van der Waals surface area contributed by atoms with Gasteiger partial charge in [0.05, 0.1) is 24.9 Å². The zero-order valence-electron chi connectivity index (χ0n) is 7.87. The van der Waals surface area contributed by atoms with E-state index in [0.717, 1.165) is 13.0 Å². The van der Waals surface area contributed by atoms with E-state index in [1.54, 1.807) is 0 Å². The molecule has 2 rings (SSSR count). The first-order valence-electron chi connectivity index (χ1n) is 4.54. The molecule has 2 fully saturated rings. The van der Waals surface area contributed by atoms with E-state index in [9.17, 15) is 0 Å². The van der Waals surface area contributed by atoms with Gasteiger partial charge in [0.2, 0.25) is 0 Å². The summed E-state index contributed by atoms with van der Waals surface area (Å²) in [6.07, 6.45) is 1.82. The van der Waals surface area contributed by atoms with Crippen molar-refractivity contribution in [2.75, 3.05) is 6.61 Å². The quantitative estimate of drug-likeness (QED) is 0.588. The van der Waals surface area contributed by atoms with Gasteiger partial charge in [0, 0.05) is 6.42 Å². The molecule has 12 heavy (non-hydrogen) atoms. The molecule has 0 aliphatic carbocycles. The molecular weight excluding hydrogens is 156 g/mol. The number of rotatable bonds is 2. The summed E-state index contributed by atoms with van der Waals surface area (Å²) in [7, 11) is 0. The number of ether oxygens (including phenoxy) is 3. The van der Waals surface area contributed by atoms with Crippen LogP contribution in [0.15, 0.2) is 0 Å². The smallest absolute Gasteiger partial charge is 0.163 e. The summed E-state index contributed by atoms with van der Waals surface area (Å²) in [4.78, 5) is 0. The Balaban J connectivity index is 1.89. The largest absolute Gasteiger partial charge is 0.373 e. The average molecular weight is 172 g/mol. The van der Waals surface area contributed by atoms with Crippen LogP contribution in [0, 0.1) is 0 Å². The molecule has 2 aliphatic rings. The Labute approximate surface area is 73.0 Å². The SMILES string of the molecule is C[C@H]1OC(C)(C)O[C@H]1CC1CO1. The maximum absolute atomic E-state index is 5.71. The molecule has 0 N–H and O–H groups in total. The van der Waals surface area contributed by atoms with E-state index in [2.05, 4.69) is 6.92 Å². The van der Waals surface area contributed by atoms with Crippen molar-refractivity contribution in [2.24, 2.45) is 0 Å². The Kier molecular flexibility index (Phi) is 1.90. The van der Waals surface area contributed by atoms with Gasteiger partial charge in [-0.05, 0) is 20.8 Å². The number of hydrogen-bond acceptors (Lipinski definition) is 3. The summed E-state index contributed by atoms with van der Waals surface area (Å²) < 4.78 is 16.5. The monoisotopic (exact) mass is 172 g/mol. The summed E-state index contributed by atoms with van der Waals surface area (Å²) in [5.41, 5.74) is 0. The van der Waals surface area contributed by atoms with Gasteiger partial charge >= 0.3 is 0 Å². The maximum atomic E-state index is 5.71. The molecule has 3 nitrogen and oxygen atoms in total. The van der Waals surface area contributed by atoms with Gasteiger partial charge in [-0.1, -0.05) is 0 Å². The van der Waals surface area contributed by atoms with Crippen LogP contribution in [-0.2, 0) is 14.2 Å². The molecule has 2 aliphatic heterocycles. The topological polar surface area (TPSA) is 31.0 Å². The Morgan fingerprint density at radius 3 is 2.42 bits per heavy atom. The first-order valence-corrected chi connectivity index (χ1v) is 4.54. The van der Waals surface area contributed by atoms with Crippen LogP contribution in [0.3, 0.4) is 0 Å². The standard InChI is InChI=1S/C9H16O3/c1-6-8(4-7-5-10-7)12-9(2,3)11-6/h6-8H,4-5H2,1-3H3/t6-,7?,8+/m1/s1. The predicted molar refractivity (Wildman–Crippen MR) is 43.9 cm³/mol. The van der Waals surface area contributed by atoms with Gasteiger partial charge in [-0.15, -0.1) is 0 Å². The van der Waals surface area contributed by atoms with Gasteiger partial charge < -0.3 is 14.2 Å². The lowest BCUT2D eigenvalue weighted by Gasteiger charge is -2.16. The Bertz CT molecular complexity index is 175. The summed E-state index contributed by atoms with van der Waals surface area (Å²) in [5, 5.41) is 0. The fourth-order valence-electron chi connectivity index (χ4n) is 1.71. The van der Waals surface area contributed by atoms with E-state index in [1.165, 1.54) is 0 Å². The Morgan fingerprint density at radius 1 is 1.33 bits per heavy atom. The lowest BCUT2D eigenvalue weighted by molar-refractivity contribution is -0.145. The van der Waals surface area contributed by atoms with Crippen LogP contribution >= 0.6 is 0 Å². The van der Waals surface area contributed by atoms with E-state index in [0.29, 0.717) is 6.10 Å². The van der Waals surface area contributed by atoms with Crippen LogP contribution in [0.1, 0.15) is 27.2 Å². The lowest BCUT2D eigenvalue weighted by atomic mass is 10.1. The highest BCUT2D eigenvalue weighted by molar-refractivity contribution is 4.83. The second-order valence-corrected chi connectivity index (χ2v) is 4.07. The van der Waals surface area contributed by atoms with E-state index >= 15 is 0 Å². The van der Waals surface area contributed by atoms with Crippen molar-refractivity contribution >= 4 is 0 Å². The third-order valence-electron chi connectivity index (χ3n) is 2.33. The van der Waals surface area contributed by atoms with Gasteiger partial charge in [0.15, 0.2) is 5.79 Å². The van der Waals surface area contributed by atoms with Crippen molar-refractivity contribution in [3.8, 4) is 0 Å². The van der Waals surface area contributed by atoms with Crippen LogP contribution in [-0.4, -0.2) is 30.7 Å². The fraction of sp³-hybridized carbons (Fsp3) is 1.00. The third kappa shape index (κ3) is 1.79. The van der Waals surface area contributed by atoms with Crippen molar-refractivity contribution < 1.29 is 14.2 Å². The van der Waals surface area contributed by atoms with Gasteiger partial charge in [-0.2, -0.15) is 0 Å². The molecule has 0 radical (unpaired) electrons. The highest BCUT2D eigenvalue weighted by Crippen LogP contribution is 2.32. The third-order valence-corrected chi connectivity index (χ3v) is 2.33. The van der Waals surface area contributed by atoms with E-state index in [-0.39, 0.29) is 12.2 Å². The molecule has 0 spiro atoms. The van der Waals surface area contributed by atoms with Gasteiger partial charge in [-0.3, -0.25) is 0 Å². The first kappa shape index (κ1) is 8.48. The van der Waals surface area contributed by atoms with Crippen molar-refractivity contribution in [1.29, 1.82) is 0 Å². The zero-order chi connectivity index (χ0) is 8.77. The van der Waals surface area contributed by atoms with Crippen molar-refractivity contribution in [3.63, 3.8) is 0 Å².